The number of nitrogens with zero attached hydrogens (tertiary/aromatic N) is 3. The summed E-state index contributed by atoms with van der Waals surface area (Å²) in [6.07, 6.45) is 3.18. The highest BCUT2D eigenvalue weighted by Crippen LogP contribution is 2.15. The third-order valence-corrected chi connectivity index (χ3v) is 1.74. The minimum absolute atomic E-state index is 0.550. The van der Waals surface area contributed by atoms with Crippen LogP contribution in [0.3, 0.4) is 0 Å². The largest absolute Gasteiger partial charge is 0.399 e. The van der Waals surface area contributed by atoms with Crippen molar-refractivity contribution in [1.82, 2.24) is 9.91 Å². The molecule has 0 amide bonds. The van der Waals surface area contributed by atoms with Crippen molar-refractivity contribution in [3.8, 4) is 0 Å². The molecule has 0 saturated heterocycles. The third kappa shape index (κ3) is 0.817. The van der Waals surface area contributed by atoms with Crippen molar-refractivity contribution in [2.45, 2.75) is 0 Å². The number of hydrogen-bond acceptors (Lipinski definition) is 6. The normalized spacial score (nSPS) is 21.6. The van der Waals surface area contributed by atoms with Gasteiger partial charge in [-0.2, -0.15) is 0 Å². The summed E-state index contributed by atoms with van der Waals surface area (Å²) in [4.78, 5) is 5.77. The molecule has 64 valence electrons. The first-order valence-electron chi connectivity index (χ1n) is 3.49. The van der Waals surface area contributed by atoms with Gasteiger partial charge >= 0.3 is 0 Å². The summed E-state index contributed by atoms with van der Waals surface area (Å²) in [7, 11) is 0. The van der Waals surface area contributed by atoms with E-state index in [1.165, 1.54) is 5.01 Å². The molecule has 0 aromatic rings. The molecule has 0 saturated carbocycles. The second kappa shape index (κ2) is 2.15. The Hall–Kier alpha value is -1.69. The van der Waals surface area contributed by atoms with Crippen molar-refractivity contribution in [3.05, 3.63) is 23.9 Å². The molecule has 0 fully saturated rings. The Labute approximate surface area is 69.6 Å². The fourth-order valence-electron chi connectivity index (χ4n) is 1.19. The number of guanidine groups is 1. The van der Waals surface area contributed by atoms with Gasteiger partial charge in [0.2, 0.25) is 5.96 Å². The maximum atomic E-state index is 5.64. The first-order valence-corrected chi connectivity index (χ1v) is 3.49. The van der Waals surface area contributed by atoms with E-state index >= 15 is 0 Å². The Bertz CT molecular complexity index is 301. The van der Waals surface area contributed by atoms with E-state index in [9.17, 15) is 0 Å². The van der Waals surface area contributed by atoms with Crippen molar-refractivity contribution < 1.29 is 0 Å². The highest BCUT2D eigenvalue weighted by atomic mass is 15.6. The van der Waals surface area contributed by atoms with E-state index in [0.717, 1.165) is 0 Å². The van der Waals surface area contributed by atoms with Crippen LogP contribution in [0.25, 0.3) is 0 Å². The van der Waals surface area contributed by atoms with Gasteiger partial charge in [0.25, 0.3) is 0 Å². The highest BCUT2D eigenvalue weighted by Gasteiger charge is 2.26. The van der Waals surface area contributed by atoms with Crippen LogP contribution in [0.1, 0.15) is 0 Å². The molecule has 2 aliphatic rings. The Morgan fingerprint density at radius 3 is 2.92 bits per heavy atom. The molecule has 0 spiro atoms. The minimum Gasteiger partial charge on any atom is -0.399 e. The summed E-state index contributed by atoms with van der Waals surface area (Å²) in [5, 5.41) is 1.37. The summed E-state index contributed by atoms with van der Waals surface area (Å²) in [5.41, 5.74) is 11.9. The molecule has 6 N–H and O–H groups in total. The van der Waals surface area contributed by atoms with E-state index in [1.54, 1.807) is 17.3 Å². The van der Waals surface area contributed by atoms with Crippen LogP contribution >= 0.6 is 0 Å². The Morgan fingerprint density at radius 1 is 1.42 bits per heavy atom. The molecule has 0 atom stereocenters. The monoisotopic (exact) mass is 166 g/mol. The lowest BCUT2D eigenvalue weighted by atomic mass is 10.4. The SMILES string of the molecule is NC1=CN=C2N(N)C=C(N)N2C1. The maximum absolute atomic E-state index is 5.64. The van der Waals surface area contributed by atoms with E-state index < -0.39 is 0 Å². The standard InChI is InChI=1S/C6H10N6/c7-4-1-10-6-11(2-4)5(8)3-12(6)9/h1,3H,2,7-9H2. The van der Waals surface area contributed by atoms with E-state index in [4.69, 9.17) is 17.3 Å². The van der Waals surface area contributed by atoms with Crippen LogP contribution in [-0.2, 0) is 0 Å². The summed E-state index contributed by atoms with van der Waals surface area (Å²) >= 11 is 0. The van der Waals surface area contributed by atoms with Gasteiger partial charge in [-0.25, -0.2) is 10.8 Å². The number of rotatable bonds is 0. The van der Waals surface area contributed by atoms with E-state index in [2.05, 4.69) is 4.99 Å². The molecule has 0 unspecified atom stereocenters. The zero-order chi connectivity index (χ0) is 8.72. The van der Waals surface area contributed by atoms with Crippen molar-refractivity contribution in [3.63, 3.8) is 0 Å². The van der Waals surface area contributed by atoms with Gasteiger partial charge in [0.05, 0.1) is 18.9 Å². The lowest BCUT2D eigenvalue weighted by Crippen LogP contribution is -2.42. The average Bonchev–Trinajstić information content (AvgIpc) is 2.28. The van der Waals surface area contributed by atoms with Crippen molar-refractivity contribution in [1.29, 1.82) is 0 Å². The summed E-state index contributed by atoms with van der Waals surface area (Å²) in [5.74, 6) is 6.73. The molecule has 0 bridgehead atoms. The van der Waals surface area contributed by atoms with Gasteiger partial charge in [-0.3, -0.25) is 9.91 Å². The Balaban J connectivity index is 2.35. The second-order valence-electron chi connectivity index (χ2n) is 2.68. The quantitative estimate of drug-likeness (QED) is 0.377. The molecule has 0 radical (unpaired) electrons. The van der Waals surface area contributed by atoms with Crippen molar-refractivity contribution in [2.24, 2.45) is 22.3 Å². The predicted octanol–water partition coefficient (Wildman–Crippen LogP) is -1.59. The molecule has 0 aliphatic carbocycles. The van der Waals surface area contributed by atoms with Crippen LogP contribution in [0.15, 0.2) is 28.9 Å². The number of hydrazine groups is 1. The first-order chi connectivity index (χ1) is 5.68. The van der Waals surface area contributed by atoms with Gasteiger partial charge in [-0.15, -0.1) is 0 Å². The van der Waals surface area contributed by atoms with Gasteiger partial charge in [0.1, 0.15) is 5.82 Å². The van der Waals surface area contributed by atoms with Gasteiger partial charge in [-0.05, 0) is 0 Å². The minimum atomic E-state index is 0.550. The van der Waals surface area contributed by atoms with Gasteiger partial charge in [-0.1, -0.05) is 0 Å². The smallest absolute Gasteiger partial charge is 0.226 e. The fourth-order valence-corrected chi connectivity index (χ4v) is 1.19. The first kappa shape index (κ1) is 6.99. The number of nitrogens with two attached hydrogens (primary N) is 3. The summed E-state index contributed by atoms with van der Waals surface area (Å²) in [6, 6.07) is 0. The number of aliphatic imine (C=N–C) groups is 1. The number of hydrogen-bond donors (Lipinski definition) is 3. The second-order valence-corrected chi connectivity index (χ2v) is 2.68. The van der Waals surface area contributed by atoms with Crippen molar-refractivity contribution in [2.75, 3.05) is 6.54 Å². The van der Waals surface area contributed by atoms with Crippen molar-refractivity contribution >= 4 is 5.96 Å². The van der Waals surface area contributed by atoms with Crippen LogP contribution in [0.4, 0.5) is 0 Å². The van der Waals surface area contributed by atoms with Crippen LogP contribution in [0.5, 0.6) is 0 Å². The molecular formula is C6H10N6. The zero-order valence-electron chi connectivity index (χ0n) is 6.44. The predicted molar refractivity (Wildman–Crippen MR) is 44.7 cm³/mol. The topological polar surface area (TPSA) is 96.9 Å². The third-order valence-electron chi connectivity index (χ3n) is 1.74. The molecule has 6 nitrogen and oxygen atoms in total. The lowest BCUT2D eigenvalue weighted by molar-refractivity contribution is 0.494. The Morgan fingerprint density at radius 2 is 2.17 bits per heavy atom. The molecule has 2 aliphatic heterocycles. The fraction of sp³-hybridized carbons (Fsp3) is 0.167. The summed E-state index contributed by atoms with van der Waals surface area (Å²) in [6.45, 7) is 0.550. The van der Waals surface area contributed by atoms with E-state index in [-0.39, 0.29) is 0 Å². The molecule has 12 heavy (non-hydrogen) atoms. The van der Waals surface area contributed by atoms with Gasteiger partial charge in [0.15, 0.2) is 0 Å². The molecule has 2 rings (SSSR count). The highest BCUT2D eigenvalue weighted by molar-refractivity contribution is 5.86. The Kier molecular flexibility index (Phi) is 1.25. The van der Waals surface area contributed by atoms with Crippen LogP contribution in [-0.4, -0.2) is 22.4 Å². The average molecular weight is 166 g/mol. The van der Waals surface area contributed by atoms with Crippen LogP contribution in [0, 0.1) is 0 Å². The van der Waals surface area contributed by atoms with Gasteiger partial charge in [0, 0.05) is 5.70 Å². The molecule has 2 heterocycles. The van der Waals surface area contributed by atoms with Crippen LogP contribution < -0.4 is 17.3 Å². The lowest BCUT2D eigenvalue weighted by Gasteiger charge is -2.24. The molecular weight excluding hydrogens is 156 g/mol. The van der Waals surface area contributed by atoms with E-state index in [1.807, 2.05) is 0 Å². The zero-order valence-corrected chi connectivity index (χ0v) is 6.44. The summed E-state index contributed by atoms with van der Waals surface area (Å²) < 4.78 is 0. The molecule has 6 heteroatoms. The van der Waals surface area contributed by atoms with Crippen LogP contribution in [0.2, 0.25) is 0 Å². The van der Waals surface area contributed by atoms with E-state index in [0.29, 0.717) is 24.0 Å². The molecule has 0 aromatic carbocycles. The van der Waals surface area contributed by atoms with Gasteiger partial charge < -0.3 is 11.5 Å². The maximum Gasteiger partial charge on any atom is 0.226 e. The number of fused-ring (bicyclic) bond motifs is 1. The molecule has 0 aromatic heterocycles.